The lowest BCUT2D eigenvalue weighted by atomic mass is 10.1. The minimum absolute atomic E-state index is 0.234. The van der Waals surface area contributed by atoms with Crippen molar-refractivity contribution in [3.63, 3.8) is 0 Å². The van der Waals surface area contributed by atoms with Gasteiger partial charge in [-0.1, -0.05) is 11.6 Å². The van der Waals surface area contributed by atoms with Crippen LogP contribution in [0.2, 0.25) is 5.02 Å². The van der Waals surface area contributed by atoms with Crippen molar-refractivity contribution in [1.29, 1.82) is 0 Å². The minimum atomic E-state index is -3.55. The van der Waals surface area contributed by atoms with Crippen LogP contribution in [0.15, 0.2) is 47.5 Å². The van der Waals surface area contributed by atoms with Gasteiger partial charge in [-0.2, -0.15) is 9.40 Å². The molecule has 0 N–H and O–H groups in total. The molecule has 0 bridgehead atoms. The summed E-state index contributed by atoms with van der Waals surface area (Å²) in [6, 6.07) is 9.63. The van der Waals surface area contributed by atoms with Crippen molar-refractivity contribution in [2.75, 3.05) is 13.1 Å². The molecule has 1 aromatic heterocycles. The van der Waals surface area contributed by atoms with Crippen LogP contribution in [0.25, 0.3) is 0 Å². The van der Waals surface area contributed by atoms with Gasteiger partial charge in [-0.05, 0) is 43.2 Å². The van der Waals surface area contributed by atoms with Gasteiger partial charge in [0.05, 0.1) is 11.4 Å². The van der Waals surface area contributed by atoms with E-state index in [9.17, 15) is 8.42 Å². The van der Waals surface area contributed by atoms with Crippen LogP contribution in [0.1, 0.15) is 12.8 Å². The third kappa shape index (κ3) is 3.80. The van der Waals surface area contributed by atoms with E-state index in [0.717, 1.165) is 12.8 Å². The summed E-state index contributed by atoms with van der Waals surface area (Å²) in [5, 5.41) is 8.13. The molecule has 0 saturated carbocycles. The number of rotatable bonds is 4. The number of aromatic nitrogens is 2. The van der Waals surface area contributed by atoms with E-state index < -0.39 is 10.0 Å². The van der Waals surface area contributed by atoms with Crippen LogP contribution in [0, 0.1) is 0 Å². The summed E-state index contributed by atoms with van der Waals surface area (Å²) in [4.78, 5) is 0.238. The quantitative estimate of drug-likeness (QED) is 0.843. The van der Waals surface area contributed by atoms with Gasteiger partial charge in [0.1, 0.15) is 6.10 Å². The maximum atomic E-state index is 12.7. The van der Waals surface area contributed by atoms with Gasteiger partial charge in [0.25, 0.3) is 0 Å². The van der Waals surface area contributed by atoms with E-state index in [1.165, 1.54) is 16.4 Å². The second-order valence-corrected chi connectivity index (χ2v) is 7.64. The smallest absolute Gasteiger partial charge is 0.243 e. The first-order valence-corrected chi connectivity index (χ1v) is 9.07. The van der Waals surface area contributed by atoms with E-state index in [0.29, 0.717) is 24.0 Å². The Balaban J connectivity index is 1.74. The fourth-order valence-electron chi connectivity index (χ4n) is 2.50. The Labute approximate surface area is 140 Å². The Morgan fingerprint density at radius 1 is 1.22 bits per heavy atom. The Morgan fingerprint density at radius 3 is 2.70 bits per heavy atom. The maximum absolute atomic E-state index is 12.7. The molecule has 1 saturated heterocycles. The number of nitrogens with zero attached hydrogens (tertiary/aromatic N) is 3. The van der Waals surface area contributed by atoms with Crippen molar-refractivity contribution < 1.29 is 13.2 Å². The van der Waals surface area contributed by atoms with E-state index >= 15 is 0 Å². The number of hydrogen-bond acceptors (Lipinski definition) is 5. The van der Waals surface area contributed by atoms with Crippen LogP contribution in [-0.2, 0) is 10.0 Å². The lowest BCUT2D eigenvalue weighted by molar-refractivity contribution is 0.123. The van der Waals surface area contributed by atoms with Crippen LogP contribution in [0.3, 0.4) is 0 Å². The van der Waals surface area contributed by atoms with Gasteiger partial charge in [0, 0.05) is 23.8 Å². The van der Waals surface area contributed by atoms with Gasteiger partial charge >= 0.3 is 0 Å². The highest BCUT2D eigenvalue weighted by Gasteiger charge is 2.31. The third-order valence-electron chi connectivity index (χ3n) is 3.63. The molecule has 1 fully saturated rings. The second kappa shape index (κ2) is 6.82. The molecule has 1 aliphatic heterocycles. The van der Waals surface area contributed by atoms with Crippen LogP contribution in [0.4, 0.5) is 0 Å². The van der Waals surface area contributed by atoms with E-state index in [2.05, 4.69) is 10.2 Å². The van der Waals surface area contributed by atoms with Gasteiger partial charge in [0.15, 0.2) is 0 Å². The van der Waals surface area contributed by atoms with Crippen LogP contribution in [0.5, 0.6) is 5.88 Å². The zero-order valence-electron chi connectivity index (χ0n) is 12.3. The molecule has 0 spiro atoms. The number of halogens is 1. The van der Waals surface area contributed by atoms with Crippen molar-refractivity contribution in [3.05, 3.63) is 47.6 Å². The molecule has 2 heterocycles. The number of hydrogen-bond donors (Lipinski definition) is 0. The van der Waals surface area contributed by atoms with E-state index in [1.54, 1.807) is 30.5 Å². The molecular formula is C15H16ClN3O3S. The molecule has 0 aliphatic carbocycles. The standard InChI is InChI=1S/C15H16ClN3O3S/c16-12-5-7-14(8-6-12)23(20,21)19-10-2-3-13(11-19)22-15-4-1-9-17-18-15/h1,4-9,13H,2-3,10-11H2. The fourth-order valence-corrected chi connectivity index (χ4v) is 4.13. The van der Waals surface area contributed by atoms with Crippen molar-refractivity contribution in [2.24, 2.45) is 0 Å². The SMILES string of the molecule is O=S(=O)(c1ccc(Cl)cc1)N1CCCC(Oc2cccnn2)C1. The number of piperidine rings is 1. The maximum Gasteiger partial charge on any atom is 0.243 e. The van der Waals surface area contributed by atoms with Crippen molar-refractivity contribution in [1.82, 2.24) is 14.5 Å². The minimum Gasteiger partial charge on any atom is -0.472 e. The van der Waals surface area contributed by atoms with Gasteiger partial charge in [0.2, 0.25) is 15.9 Å². The Bertz CT molecular complexity index is 753. The van der Waals surface area contributed by atoms with Gasteiger partial charge in [-0.25, -0.2) is 8.42 Å². The molecule has 8 heteroatoms. The van der Waals surface area contributed by atoms with E-state index in [1.807, 2.05) is 0 Å². The fraction of sp³-hybridized carbons (Fsp3) is 0.333. The summed E-state index contributed by atoms with van der Waals surface area (Å²) >= 11 is 5.82. The van der Waals surface area contributed by atoms with Crippen LogP contribution >= 0.6 is 11.6 Å². The zero-order chi connectivity index (χ0) is 16.3. The van der Waals surface area contributed by atoms with Crippen LogP contribution in [-0.4, -0.2) is 42.1 Å². The molecular weight excluding hydrogens is 338 g/mol. The summed E-state index contributed by atoms with van der Waals surface area (Å²) < 4.78 is 32.6. The van der Waals surface area contributed by atoms with Gasteiger partial charge < -0.3 is 4.74 Å². The highest BCUT2D eigenvalue weighted by molar-refractivity contribution is 7.89. The van der Waals surface area contributed by atoms with Crippen molar-refractivity contribution >= 4 is 21.6 Å². The third-order valence-corrected chi connectivity index (χ3v) is 5.76. The molecule has 1 aliphatic rings. The molecule has 1 atom stereocenters. The summed E-state index contributed by atoms with van der Waals surface area (Å²) in [6.45, 7) is 0.771. The summed E-state index contributed by atoms with van der Waals surface area (Å²) in [6.07, 6.45) is 2.84. The molecule has 6 nitrogen and oxygen atoms in total. The summed E-state index contributed by atoms with van der Waals surface area (Å²) in [5.41, 5.74) is 0. The average molecular weight is 354 g/mol. The predicted octanol–water partition coefficient (Wildman–Crippen LogP) is 2.36. The highest BCUT2D eigenvalue weighted by Crippen LogP contribution is 2.23. The Kier molecular flexibility index (Phi) is 4.79. The molecule has 1 unspecified atom stereocenters. The lowest BCUT2D eigenvalue weighted by Gasteiger charge is -2.31. The molecule has 0 radical (unpaired) electrons. The van der Waals surface area contributed by atoms with E-state index in [4.69, 9.17) is 16.3 Å². The van der Waals surface area contributed by atoms with Crippen molar-refractivity contribution in [2.45, 2.75) is 23.8 Å². The number of ether oxygens (including phenoxy) is 1. The first kappa shape index (κ1) is 16.2. The predicted molar refractivity (Wildman–Crippen MR) is 85.9 cm³/mol. The van der Waals surface area contributed by atoms with Crippen LogP contribution < -0.4 is 4.74 Å². The topological polar surface area (TPSA) is 72.4 Å². The molecule has 23 heavy (non-hydrogen) atoms. The van der Waals surface area contributed by atoms with E-state index in [-0.39, 0.29) is 11.0 Å². The Hall–Kier alpha value is -1.70. The average Bonchev–Trinajstić information content (AvgIpc) is 2.56. The van der Waals surface area contributed by atoms with Gasteiger partial charge in [-0.3, -0.25) is 0 Å². The highest BCUT2D eigenvalue weighted by atomic mass is 35.5. The molecule has 2 aromatic rings. The summed E-state index contributed by atoms with van der Waals surface area (Å²) in [7, 11) is -3.55. The summed E-state index contributed by atoms with van der Waals surface area (Å²) in [5.74, 6) is 0.406. The zero-order valence-corrected chi connectivity index (χ0v) is 13.9. The first-order valence-electron chi connectivity index (χ1n) is 7.26. The number of sulfonamides is 1. The monoisotopic (exact) mass is 353 g/mol. The number of benzene rings is 1. The first-order chi connectivity index (χ1) is 11.1. The molecule has 3 rings (SSSR count). The normalized spacial score (nSPS) is 19.4. The molecule has 0 amide bonds. The van der Waals surface area contributed by atoms with Crippen molar-refractivity contribution in [3.8, 4) is 5.88 Å². The molecule has 1 aromatic carbocycles. The largest absolute Gasteiger partial charge is 0.472 e. The van der Waals surface area contributed by atoms with Gasteiger partial charge in [-0.15, -0.1) is 5.10 Å². The molecule has 122 valence electrons. The second-order valence-electron chi connectivity index (χ2n) is 5.26. The Morgan fingerprint density at radius 2 is 2.00 bits per heavy atom. The lowest BCUT2D eigenvalue weighted by Crippen LogP contribution is -2.44.